The molecule has 0 spiro atoms. The van der Waals surface area contributed by atoms with Crippen molar-refractivity contribution in [3.8, 4) is 0 Å². The molecule has 2 atom stereocenters. The molecule has 0 saturated carbocycles. The summed E-state index contributed by atoms with van der Waals surface area (Å²) < 4.78 is 0. The van der Waals surface area contributed by atoms with Gasteiger partial charge in [-0.3, -0.25) is 9.69 Å². The van der Waals surface area contributed by atoms with E-state index in [9.17, 15) is 4.79 Å². The third-order valence-corrected chi connectivity index (χ3v) is 3.04. The van der Waals surface area contributed by atoms with E-state index in [1.54, 1.807) is 7.05 Å². The molecule has 1 N–H and O–H groups in total. The van der Waals surface area contributed by atoms with Crippen LogP contribution in [-0.4, -0.2) is 61.5 Å². The summed E-state index contributed by atoms with van der Waals surface area (Å²) >= 11 is 0. The zero-order chi connectivity index (χ0) is 10.7. The topological polar surface area (TPSA) is 35.6 Å². The van der Waals surface area contributed by atoms with E-state index in [-0.39, 0.29) is 5.91 Å². The molecule has 14 heavy (non-hydrogen) atoms. The molecule has 0 radical (unpaired) electrons. The summed E-state index contributed by atoms with van der Waals surface area (Å²) in [6.45, 7) is 6.47. The van der Waals surface area contributed by atoms with Gasteiger partial charge in [0.25, 0.3) is 0 Å². The molecule has 0 bridgehead atoms. The van der Waals surface area contributed by atoms with Crippen LogP contribution in [0, 0.1) is 0 Å². The van der Waals surface area contributed by atoms with Crippen molar-refractivity contribution in [3.63, 3.8) is 0 Å². The van der Waals surface area contributed by atoms with Crippen LogP contribution in [0.1, 0.15) is 13.8 Å². The number of piperazine rings is 1. The van der Waals surface area contributed by atoms with E-state index in [2.05, 4.69) is 31.1 Å². The third kappa shape index (κ3) is 2.45. The Balaban J connectivity index is 2.53. The largest absolute Gasteiger partial charge is 0.338 e. The van der Waals surface area contributed by atoms with Crippen molar-refractivity contribution in [1.82, 2.24) is 15.1 Å². The second-order valence-corrected chi connectivity index (χ2v) is 4.19. The van der Waals surface area contributed by atoms with Crippen LogP contribution >= 0.6 is 0 Å². The summed E-state index contributed by atoms with van der Waals surface area (Å²) in [7, 11) is 3.93. The number of likely N-dealkylation sites (N-methyl/N-ethyl adjacent to an activating group) is 2. The highest BCUT2D eigenvalue weighted by Gasteiger charge is 2.28. The van der Waals surface area contributed by atoms with E-state index in [1.165, 1.54) is 0 Å². The maximum absolute atomic E-state index is 11.6. The number of nitrogens with zero attached hydrogens (tertiary/aromatic N) is 2. The Morgan fingerprint density at radius 1 is 1.36 bits per heavy atom. The molecule has 1 fully saturated rings. The van der Waals surface area contributed by atoms with E-state index < -0.39 is 0 Å². The smallest absolute Gasteiger partial charge is 0.236 e. The fourth-order valence-corrected chi connectivity index (χ4v) is 1.87. The number of amides is 1. The van der Waals surface area contributed by atoms with Crippen LogP contribution in [0.3, 0.4) is 0 Å². The van der Waals surface area contributed by atoms with Crippen molar-refractivity contribution in [3.05, 3.63) is 0 Å². The van der Waals surface area contributed by atoms with Gasteiger partial charge in [-0.05, 0) is 27.9 Å². The average Bonchev–Trinajstić information content (AvgIpc) is 2.13. The molecule has 0 aromatic carbocycles. The molecule has 0 aliphatic carbocycles. The van der Waals surface area contributed by atoms with Crippen molar-refractivity contribution in [2.45, 2.75) is 25.9 Å². The maximum Gasteiger partial charge on any atom is 0.236 e. The quantitative estimate of drug-likeness (QED) is 0.666. The fraction of sp³-hybridized carbons (Fsp3) is 0.900. The van der Waals surface area contributed by atoms with Crippen LogP contribution in [-0.2, 0) is 4.79 Å². The summed E-state index contributed by atoms with van der Waals surface area (Å²) in [6, 6.07) is 0.916. The van der Waals surface area contributed by atoms with Gasteiger partial charge < -0.3 is 10.2 Å². The molecule has 2 unspecified atom stereocenters. The highest BCUT2D eigenvalue weighted by atomic mass is 16.2. The van der Waals surface area contributed by atoms with Crippen molar-refractivity contribution in [1.29, 1.82) is 0 Å². The molecule has 1 aliphatic heterocycles. The minimum atomic E-state index is 0.208. The Hall–Kier alpha value is -0.610. The second-order valence-electron chi connectivity index (χ2n) is 4.19. The fourth-order valence-electron chi connectivity index (χ4n) is 1.87. The zero-order valence-electron chi connectivity index (χ0n) is 9.58. The lowest BCUT2D eigenvalue weighted by molar-refractivity contribution is -0.134. The molecular formula is C10H21N3O. The van der Waals surface area contributed by atoms with Gasteiger partial charge in [-0.2, -0.15) is 0 Å². The molecule has 0 aromatic heterocycles. The van der Waals surface area contributed by atoms with Crippen LogP contribution < -0.4 is 5.32 Å². The maximum atomic E-state index is 11.6. The minimum Gasteiger partial charge on any atom is -0.338 e. The molecule has 1 aliphatic rings. The van der Waals surface area contributed by atoms with E-state index in [4.69, 9.17) is 0 Å². The van der Waals surface area contributed by atoms with Crippen LogP contribution in [0.25, 0.3) is 0 Å². The lowest BCUT2D eigenvalue weighted by Gasteiger charge is -2.42. The normalized spacial score (nSPS) is 29.3. The molecule has 4 nitrogen and oxygen atoms in total. The van der Waals surface area contributed by atoms with Crippen molar-refractivity contribution < 1.29 is 4.79 Å². The summed E-state index contributed by atoms with van der Waals surface area (Å²) in [5.74, 6) is 0.208. The predicted octanol–water partition coefficient (Wildman–Crippen LogP) is -0.243. The average molecular weight is 199 g/mol. The summed E-state index contributed by atoms with van der Waals surface area (Å²) in [5, 5.41) is 2.90. The number of carbonyl (C=O) groups is 1. The SMILES string of the molecule is CNCC(=O)N1CC(C)N(C)C(C)C1. The first-order valence-electron chi connectivity index (χ1n) is 5.20. The predicted molar refractivity (Wildman–Crippen MR) is 57.2 cm³/mol. The van der Waals surface area contributed by atoms with Crippen molar-refractivity contribution >= 4 is 5.91 Å². The van der Waals surface area contributed by atoms with E-state index in [0.29, 0.717) is 18.6 Å². The Morgan fingerprint density at radius 2 is 1.86 bits per heavy atom. The van der Waals surface area contributed by atoms with Gasteiger partial charge in [0.1, 0.15) is 0 Å². The van der Waals surface area contributed by atoms with Gasteiger partial charge in [-0.1, -0.05) is 0 Å². The molecule has 1 heterocycles. The van der Waals surface area contributed by atoms with Crippen molar-refractivity contribution in [2.24, 2.45) is 0 Å². The lowest BCUT2D eigenvalue weighted by Crippen LogP contribution is -2.57. The Morgan fingerprint density at radius 3 is 2.29 bits per heavy atom. The standard InChI is InChI=1S/C10H21N3O/c1-8-6-13(10(14)5-11-3)7-9(2)12(8)4/h8-9,11H,5-7H2,1-4H3. The molecule has 4 heteroatoms. The molecule has 1 saturated heterocycles. The lowest BCUT2D eigenvalue weighted by atomic mass is 10.1. The molecule has 0 aromatic rings. The van der Waals surface area contributed by atoms with Crippen LogP contribution in [0.4, 0.5) is 0 Å². The number of carbonyl (C=O) groups excluding carboxylic acids is 1. The van der Waals surface area contributed by atoms with Gasteiger partial charge in [0, 0.05) is 25.2 Å². The van der Waals surface area contributed by atoms with Gasteiger partial charge in [0.2, 0.25) is 5.91 Å². The first kappa shape index (κ1) is 11.5. The number of rotatable bonds is 2. The highest BCUT2D eigenvalue weighted by molar-refractivity contribution is 5.78. The summed E-state index contributed by atoms with van der Waals surface area (Å²) in [5.41, 5.74) is 0. The van der Waals surface area contributed by atoms with Gasteiger partial charge in [0.15, 0.2) is 0 Å². The van der Waals surface area contributed by atoms with Crippen LogP contribution in [0.2, 0.25) is 0 Å². The number of hydrogen-bond acceptors (Lipinski definition) is 3. The van der Waals surface area contributed by atoms with E-state index in [0.717, 1.165) is 13.1 Å². The first-order valence-corrected chi connectivity index (χ1v) is 5.20. The monoisotopic (exact) mass is 199 g/mol. The second kappa shape index (κ2) is 4.75. The first-order chi connectivity index (χ1) is 6.56. The van der Waals surface area contributed by atoms with Gasteiger partial charge >= 0.3 is 0 Å². The van der Waals surface area contributed by atoms with Crippen LogP contribution in [0.15, 0.2) is 0 Å². The Bertz CT molecular complexity index is 196. The van der Waals surface area contributed by atoms with Gasteiger partial charge in [-0.15, -0.1) is 0 Å². The number of hydrogen-bond donors (Lipinski definition) is 1. The van der Waals surface area contributed by atoms with Crippen molar-refractivity contribution in [2.75, 3.05) is 33.7 Å². The van der Waals surface area contributed by atoms with Gasteiger partial charge in [-0.25, -0.2) is 0 Å². The van der Waals surface area contributed by atoms with Crippen LogP contribution in [0.5, 0.6) is 0 Å². The Labute approximate surface area is 86.2 Å². The molecule has 1 rings (SSSR count). The van der Waals surface area contributed by atoms with Gasteiger partial charge in [0.05, 0.1) is 6.54 Å². The highest BCUT2D eigenvalue weighted by Crippen LogP contribution is 2.12. The molecular weight excluding hydrogens is 178 g/mol. The summed E-state index contributed by atoms with van der Waals surface area (Å²) in [4.78, 5) is 15.9. The molecule has 82 valence electrons. The Kier molecular flexibility index (Phi) is 3.89. The minimum absolute atomic E-state index is 0.208. The third-order valence-electron chi connectivity index (χ3n) is 3.04. The summed E-state index contributed by atoms with van der Waals surface area (Å²) in [6.07, 6.45) is 0. The number of nitrogens with one attached hydrogen (secondary N) is 1. The zero-order valence-corrected chi connectivity index (χ0v) is 9.58. The van der Waals surface area contributed by atoms with E-state index in [1.807, 2.05) is 4.90 Å². The molecule has 1 amide bonds. The van der Waals surface area contributed by atoms with E-state index >= 15 is 0 Å².